The Kier molecular flexibility index (Phi) is 7.80. The van der Waals surface area contributed by atoms with Gasteiger partial charge in [-0.2, -0.15) is 5.26 Å². The van der Waals surface area contributed by atoms with Crippen molar-refractivity contribution in [1.29, 1.82) is 5.26 Å². The molecule has 0 unspecified atom stereocenters. The molecule has 2 aromatic carbocycles. The average molecular weight is 679 g/mol. The molecule has 0 fully saturated rings. The number of halogens is 2. The van der Waals surface area contributed by atoms with Crippen molar-refractivity contribution in [3.63, 3.8) is 0 Å². The normalized spacial score (nSPS) is 11.1. The lowest BCUT2D eigenvalue weighted by atomic mass is 10.0. The number of imide groups is 1. The summed E-state index contributed by atoms with van der Waals surface area (Å²) in [6.45, 7) is 3.03. The number of nitrogens with zero attached hydrogens (tertiary/aromatic N) is 4. The van der Waals surface area contributed by atoms with Crippen molar-refractivity contribution < 1.29 is 31.9 Å². The molecule has 2 amide bonds. The molecule has 0 atom stereocenters. The fraction of sp³-hybridized carbons (Fsp3) is 0.0571. The Hall–Kier alpha value is -6.09. The van der Waals surface area contributed by atoms with Gasteiger partial charge in [0.15, 0.2) is 11.5 Å². The molecule has 0 radical (unpaired) electrons. The average Bonchev–Trinajstić information content (AvgIpc) is 3.92. The Morgan fingerprint density at radius 1 is 0.729 bits per heavy atom. The molecule has 7 aromatic rings. The highest BCUT2D eigenvalue weighted by atomic mass is 35.5. The molecule has 7 rings (SSSR count). The maximum Gasteiger partial charge on any atom is 0.273 e. The molecule has 0 N–H and O–H groups in total. The predicted octanol–water partition coefficient (Wildman–Crippen LogP) is 9.39. The van der Waals surface area contributed by atoms with Crippen LogP contribution in [0.4, 0.5) is 5.88 Å². The molecule has 13 heteroatoms. The Balaban J connectivity index is 1.51. The van der Waals surface area contributed by atoms with Crippen LogP contribution in [0.5, 0.6) is 0 Å². The van der Waals surface area contributed by atoms with Gasteiger partial charge in [0.2, 0.25) is 5.88 Å². The van der Waals surface area contributed by atoms with Crippen molar-refractivity contribution in [3.05, 3.63) is 124 Å². The number of hydrogen-bond acceptors (Lipinski definition) is 10. The van der Waals surface area contributed by atoms with E-state index >= 15 is 0 Å². The minimum absolute atomic E-state index is 0.0360. The summed E-state index contributed by atoms with van der Waals surface area (Å²) in [7, 11) is 0. The summed E-state index contributed by atoms with van der Waals surface area (Å²) in [5.74, 6) is -1.70. The van der Waals surface area contributed by atoms with Gasteiger partial charge >= 0.3 is 0 Å². The molecule has 0 spiro atoms. The van der Waals surface area contributed by atoms with Crippen molar-refractivity contribution in [2.24, 2.45) is 0 Å². The van der Waals surface area contributed by atoms with E-state index in [1.54, 1.807) is 72.8 Å². The van der Waals surface area contributed by atoms with Crippen LogP contribution in [0, 0.1) is 25.2 Å². The Labute approximate surface area is 281 Å². The fourth-order valence-corrected chi connectivity index (χ4v) is 5.79. The second-order valence-electron chi connectivity index (χ2n) is 10.4. The summed E-state index contributed by atoms with van der Waals surface area (Å²) < 4.78 is 28.5. The lowest BCUT2D eigenvalue weighted by molar-refractivity contribution is 0.0890. The molecule has 0 aliphatic carbocycles. The van der Waals surface area contributed by atoms with E-state index in [0.29, 0.717) is 11.1 Å². The number of carbonyl (C=O) groups excluding carboxylic acids is 2. The number of benzene rings is 2. The van der Waals surface area contributed by atoms with Gasteiger partial charge in [0.05, 0.1) is 28.1 Å². The molecule has 11 nitrogen and oxygen atoms in total. The van der Waals surface area contributed by atoms with Crippen molar-refractivity contribution in [3.8, 4) is 51.4 Å². The number of rotatable bonds is 7. The van der Waals surface area contributed by atoms with Crippen LogP contribution in [0.3, 0.4) is 0 Å². The first-order valence-electron chi connectivity index (χ1n) is 14.3. The third kappa shape index (κ3) is 5.00. The molecular weight excluding hydrogens is 659 g/mol. The number of furan rings is 3. The van der Waals surface area contributed by atoms with Crippen LogP contribution in [0.25, 0.3) is 45.4 Å². The second-order valence-corrected chi connectivity index (χ2v) is 11.2. The zero-order chi connectivity index (χ0) is 33.5. The Morgan fingerprint density at radius 2 is 1.23 bits per heavy atom. The van der Waals surface area contributed by atoms with Crippen LogP contribution in [-0.2, 0) is 0 Å². The fourth-order valence-electron chi connectivity index (χ4n) is 5.34. The van der Waals surface area contributed by atoms with E-state index in [0.717, 1.165) is 4.90 Å². The minimum atomic E-state index is -0.943. The van der Waals surface area contributed by atoms with E-state index < -0.39 is 17.7 Å². The van der Waals surface area contributed by atoms with E-state index in [-0.39, 0.29) is 72.5 Å². The van der Waals surface area contributed by atoms with Crippen molar-refractivity contribution in [2.45, 2.75) is 13.8 Å². The number of nitriles is 1. The van der Waals surface area contributed by atoms with E-state index in [9.17, 15) is 14.9 Å². The van der Waals surface area contributed by atoms with Crippen LogP contribution in [-0.4, -0.2) is 22.1 Å². The van der Waals surface area contributed by atoms with Crippen LogP contribution in [0.15, 0.2) is 108 Å². The Bertz CT molecular complexity index is 2260. The molecular formula is C35H20Cl2N4O7. The summed E-state index contributed by atoms with van der Waals surface area (Å²) >= 11 is 13.0. The smallest absolute Gasteiger partial charge is 0.273 e. The van der Waals surface area contributed by atoms with Gasteiger partial charge in [0.1, 0.15) is 51.4 Å². The van der Waals surface area contributed by atoms with Crippen LogP contribution >= 0.6 is 23.2 Å². The van der Waals surface area contributed by atoms with Gasteiger partial charge in [0.25, 0.3) is 11.8 Å². The van der Waals surface area contributed by atoms with Gasteiger partial charge in [-0.15, -0.1) is 0 Å². The van der Waals surface area contributed by atoms with E-state index in [4.69, 9.17) is 45.5 Å². The number of amides is 2. The van der Waals surface area contributed by atoms with Crippen molar-refractivity contribution in [2.75, 3.05) is 4.90 Å². The van der Waals surface area contributed by atoms with Gasteiger partial charge in [-0.1, -0.05) is 69.9 Å². The summed E-state index contributed by atoms with van der Waals surface area (Å²) in [5.41, 5.74) is 0.621. The second kappa shape index (κ2) is 12.3. The third-order valence-corrected chi connectivity index (χ3v) is 8.19. The lowest BCUT2D eigenvalue weighted by Gasteiger charge is -2.19. The first-order chi connectivity index (χ1) is 23.3. The number of hydrogen-bond donors (Lipinski definition) is 0. The minimum Gasteiger partial charge on any atom is -0.464 e. The molecule has 0 aliphatic rings. The summed E-state index contributed by atoms with van der Waals surface area (Å²) in [6, 6.07) is 22.0. The zero-order valence-corrected chi connectivity index (χ0v) is 26.5. The van der Waals surface area contributed by atoms with Gasteiger partial charge in [-0.3, -0.25) is 9.59 Å². The lowest BCUT2D eigenvalue weighted by Crippen LogP contribution is -2.38. The van der Waals surface area contributed by atoms with Gasteiger partial charge in [-0.25, -0.2) is 4.90 Å². The van der Waals surface area contributed by atoms with Crippen molar-refractivity contribution in [1.82, 2.24) is 10.3 Å². The van der Waals surface area contributed by atoms with Crippen molar-refractivity contribution >= 4 is 40.9 Å². The topological polar surface area (TPSA) is 153 Å². The molecule has 0 aliphatic heterocycles. The van der Waals surface area contributed by atoms with Gasteiger partial charge in [-0.05, 0) is 50.2 Å². The monoisotopic (exact) mass is 678 g/mol. The van der Waals surface area contributed by atoms with Crippen LogP contribution in [0.2, 0.25) is 10.0 Å². The quantitative estimate of drug-likeness (QED) is 0.149. The predicted molar refractivity (Wildman–Crippen MR) is 173 cm³/mol. The zero-order valence-electron chi connectivity index (χ0n) is 25.0. The van der Waals surface area contributed by atoms with Gasteiger partial charge in [0, 0.05) is 11.1 Å². The number of anilines is 1. The molecule has 5 aromatic heterocycles. The molecule has 5 heterocycles. The number of aryl methyl sites for hydroxylation is 2. The SMILES string of the molecule is Cc1onc(-c2ccccc2Cl)c1C(=O)N(C(=O)c1c(-c2ccccc2Cl)noc1C)c1oc(-c2ccco2)c(-c2ccco2)c1C#N. The first-order valence-corrected chi connectivity index (χ1v) is 15.0. The highest BCUT2D eigenvalue weighted by Crippen LogP contribution is 2.45. The number of aromatic nitrogens is 2. The largest absolute Gasteiger partial charge is 0.464 e. The van der Waals surface area contributed by atoms with Crippen LogP contribution < -0.4 is 4.90 Å². The van der Waals surface area contributed by atoms with Crippen LogP contribution in [0.1, 0.15) is 37.8 Å². The highest BCUT2D eigenvalue weighted by molar-refractivity contribution is 6.35. The van der Waals surface area contributed by atoms with E-state index in [1.807, 2.05) is 0 Å². The summed E-state index contributed by atoms with van der Waals surface area (Å²) in [6.07, 6.45) is 2.83. The van der Waals surface area contributed by atoms with E-state index in [1.165, 1.54) is 26.4 Å². The molecule has 48 heavy (non-hydrogen) atoms. The van der Waals surface area contributed by atoms with E-state index in [2.05, 4.69) is 16.4 Å². The standard InChI is InChI=1S/C35H20Cl2N4O7/c1-18-27(30(39-47-18)20-9-3-5-11-23(20)36)33(42)41(34(43)28-19(2)48-40-31(28)21-10-4-6-12-24(21)37)35-22(17-38)29(25-13-7-15-44-25)32(46-35)26-14-8-16-45-26/h3-16H,1-2H3. The maximum absolute atomic E-state index is 14.9. The number of carbonyl (C=O) groups is 2. The molecule has 0 saturated carbocycles. The highest BCUT2D eigenvalue weighted by Gasteiger charge is 2.41. The van der Waals surface area contributed by atoms with Gasteiger partial charge < -0.3 is 22.3 Å². The summed E-state index contributed by atoms with van der Waals surface area (Å²) in [5, 5.41) is 19.4. The summed E-state index contributed by atoms with van der Waals surface area (Å²) in [4.78, 5) is 30.6. The maximum atomic E-state index is 14.9. The first kappa shape index (κ1) is 30.6. The third-order valence-electron chi connectivity index (χ3n) is 7.53. The Morgan fingerprint density at radius 3 is 1.69 bits per heavy atom. The molecule has 0 saturated heterocycles. The molecule has 236 valence electrons. The molecule has 0 bridgehead atoms.